The van der Waals surface area contributed by atoms with E-state index >= 15 is 0 Å². The second-order valence-electron chi connectivity index (χ2n) is 4.97. The summed E-state index contributed by atoms with van der Waals surface area (Å²) in [4.78, 5) is 0. The summed E-state index contributed by atoms with van der Waals surface area (Å²) in [6.45, 7) is 1.86. The molecule has 0 aliphatic heterocycles. The van der Waals surface area contributed by atoms with Gasteiger partial charge in [0, 0.05) is 11.4 Å². The second-order valence-corrected chi connectivity index (χ2v) is 6.56. The number of nitrogens with one attached hydrogen (secondary N) is 1. The number of hydrogen-bond acceptors (Lipinski definition) is 2. The molecule has 1 atom stereocenters. The van der Waals surface area contributed by atoms with Gasteiger partial charge in [0.05, 0.1) is 0 Å². The second kappa shape index (κ2) is 7.20. The summed E-state index contributed by atoms with van der Waals surface area (Å²) in [5.74, 6) is 0. The number of sulfonamides is 1. The van der Waals surface area contributed by atoms with Crippen LogP contribution < -0.4 is 4.72 Å². The maximum Gasteiger partial charge on any atom is 0.233 e. The average molecular weight is 301 g/mol. The van der Waals surface area contributed by atoms with Crippen LogP contribution in [0, 0.1) is 0 Å². The maximum atomic E-state index is 12.0. The van der Waals surface area contributed by atoms with E-state index in [0.29, 0.717) is 6.42 Å². The quantitative estimate of drug-likeness (QED) is 0.890. The van der Waals surface area contributed by atoms with Crippen LogP contribution in [0.1, 0.15) is 18.1 Å². The van der Waals surface area contributed by atoms with E-state index in [1.807, 2.05) is 67.6 Å². The van der Waals surface area contributed by atoms with E-state index in [4.69, 9.17) is 0 Å². The fraction of sp³-hybridized carbons (Fsp3) is 0.176. The summed E-state index contributed by atoms with van der Waals surface area (Å²) in [5, 5.41) is 1.21. The molecule has 1 unspecified atom stereocenters. The van der Waals surface area contributed by atoms with Gasteiger partial charge in [0.2, 0.25) is 10.0 Å². The van der Waals surface area contributed by atoms with Gasteiger partial charge in [-0.25, -0.2) is 13.1 Å². The molecule has 21 heavy (non-hydrogen) atoms. The highest BCUT2D eigenvalue weighted by molar-refractivity contribution is 7.92. The predicted molar refractivity (Wildman–Crippen MR) is 87.1 cm³/mol. The molecule has 0 fully saturated rings. The lowest BCUT2D eigenvalue weighted by molar-refractivity contribution is 0.569. The van der Waals surface area contributed by atoms with E-state index in [1.165, 1.54) is 5.41 Å². The molecule has 2 rings (SSSR count). The van der Waals surface area contributed by atoms with E-state index in [0.717, 1.165) is 11.1 Å². The molecule has 110 valence electrons. The lowest BCUT2D eigenvalue weighted by Gasteiger charge is -2.12. The van der Waals surface area contributed by atoms with E-state index in [9.17, 15) is 8.42 Å². The molecule has 0 saturated heterocycles. The Bertz CT molecular complexity index is 679. The van der Waals surface area contributed by atoms with Gasteiger partial charge >= 0.3 is 0 Å². The molecule has 0 spiro atoms. The summed E-state index contributed by atoms with van der Waals surface area (Å²) < 4.78 is 26.7. The van der Waals surface area contributed by atoms with Crippen molar-refractivity contribution in [3.8, 4) is 0 Å². The van der Waals surface area contributed by atoms with Gasteiger partial charge in [-0.15, -0.1) is 0 Å². The van der Waals surface area contributed by atoms with Crippen LogP contribution in [0.5, 0.6) is 0 Å². The third kappa shape index (κ3) is 5.53. The molecule has 4 heteroatoms. The Kier molecular flexibility index (Phi) is 5.31. The molecule has 0 radical (unpaired) electrons. The highest BCUT2D eigenvalue weighted by atomic mass is 32.2. The Morgan fingerprint density at radius 2 is 1.57 bits per heavy atom. The van der Waals surface area contributed by atoms with E-state index in [1.54, 1.807) is 6.08 Å². The lowest BCUT2D eigenvalue weighted by atomic mass is 10.1. The van der Waals surface area contributed by atoms with Gasteiger partial charge in [-0.2, -0.15) is 0 Å². The fourth-order valence-electron chi connectivity index (χ4n) is 2.06. The molecule has 3 nitrogen and oxygen atoms in total. The normalized spacial score (nSPS) is 13.4. The molecular weight excluding hydrogens is 282 g/mol. The van der Waals surface area contributed by atoms with Gasteiger partial charge in [0.25, 0.3) is 0 Å². The first-order chi connectivity index (χ1) is 10.1. The number of hydrogen-bond donors (Lipinski definition) is 1. The zero-order valence-corrected chi connectivity index (χ0v) is 12.8. The molecule has 2 aromatic rings. The van der Waals surface area contributed by atoms with Crippen LogP contribution in [0.2, 0.25) is 0 Å². The molecule has 0 bridgehead atoms. The van der Waals surface area contributed by atoms with Gasteiger partial charge in [-0.05, 0) is 30.5 Å². The summed E-state index contributed by atoms with van der Waals surface area (Å²) in [6.07, 6.45) is 2.26. The van der Waals surface area contributed by atoms with Crippen molar-refractivity contribution in [2.24, 2.45) is 0 Å². The topological polar surface area (TPSA) is 46.2 Å². The first-order valence-corrected chi connectivity index (χ1v) is 8.39. The maximum absolute atomic E-state index is 12.0. The van der Waals surface area contributed by atoms with Crippen molar-refractivity contribution in [2.45, 2.75) is 19.4 Å². The molecule has 0 saturated carbocycles. The minimum Gasteiger partial charge on any atom is -0.209 e. The Balaban J connectivity index is 1.96. The third-order valence-corrected chi connectivity index (χ3v) is 4.21. The van der Waals surface area contributed by atoms with Crippen LogP contribution in [0.25, 0.3) is 6.08 Å². The molecule has 0 aliphatic carbocycles. The number of benzene rings is 2. The van der Waals surface area contributed by atoms with Crippen LogP contribution >= 0.6 is 0 Å². The van der Waals surface area contributed by atoms with Crippen LogP contribution in [-0.4, -0.2) is 14.5 Å². The summed E-state index contributed by atoms with van der Waals surface area (Å²) >= 11 is 0. The molecule has 0 aromatic heterocycles. The van der Waals surface area contributed by atoms with Crippen LogP contribution in [0.3, 0.4) is 0 Å². The van der Waals surface area contributed by atoms with Gasteiger partial charge in [0.15, 0.2) is 0 Å². The highest BCUT2D eigenvalue weighted by Crippen LogP contribution is 2.06. The first kappa shape index (κ1) is 15.5. The van der Waals surface area contributed by atoms with Gasteiger partial charge < -0.3 is 0 Å². The Hall–Kier alpha value is -1.91. The van der Waals surface area contributed by atoms with Gasteiger partial charge in [-0.3, -0.25) is 0 Å². The molecule has 0 heterocycles. The molecule has 0 aliphatic rings. The largest absolute Gasteiger partial charge is 0.233 e. The van der Waals surface area contributed by atoms with E-state index in [-0.39, 0.29) is 6.04 Å². The van der Waals surface area contributed by atoms with Crippen molar-refractivity contribution < 1.29 is 8.42 Å². The Labute approximate surface area is 126 Å². The zero-order valence-electron chi connectivity index (χ0n) is 11.9. The van der Waals surface area contributed by atoms with Crippen molar-refractivity contribution in [3.05, 3.63) is 77.2 Å². The van der Waals surface area contributed by atoms with Gasteiger partial charge in [-0.1, -0.05) is 60.7 Å². The fourth-order valence-corrected chi connectivity index (χ4v) is 3.12. The molecular formula is C17H19NO2S. The Morgan fingerprint density at radius 1 is 1.00 bits per heavy atom. The molecule has 0 amide bonds. The predicted octanol–water partition coefficient (Wildman–Crippen LogP) is 3.21. The van der Waals surface area contributed by atoms with Crippen molar-refractivity contribution >= 4 is 16.1 Å². The summed E-state index contributed by atoms with van der Waals surface area (Å²) in [7, 11) is -3.43. The van der Waals surface area contributed by atoms with Gasteiger partial charge in [0.1, 0.15) is 0 Å². The summed E-state index contributed by atoms with van der Waals surface area (Å²) in [5.41, 5.74) is 1.97. The molecule has 2 aromatic carbocycles. The van der Waals surface area contributed by atoms with Crippen LogP contribution in [0.15, 0.2) is 66.1 Å². The smallest absolute Gasteiger partial charge is 0.209 e. The van der Waals surface area contributed by atoms with Crippen molar-refractivity contribution in [3.63, 3.8) is 0 Å². The van der Waals surface area contributed by atoms with Crippen molar-refractivity contribution in [1.29, 1.82) is 0 Å². The third-order valence-electron chi connectivity index (χ3n) is 2.99. The zero-order chi connectivity index (χ0) is 15.1. The average Bonchev–Trinajstić information content (AvgIpc) is 2.47. The highest BCUT2D eigenvalue weighted by Gasteiger charge is 2.11. The van der Waals surface area contributed by atoms with Crippen LogP contribution in [0.4, 0.5) is 0 Å². The number of rotatable bonds is 6. The first-order valence-electron chi connectivity index (χ1n) is 6.84. The minimum absolute atomic E-state index is 0.155. The molecule has 1 N–H and O–H groups in total. The van der Waals surface area contributed by atoms with Crippen LogP contribution in [-0.2, 0) is 16.4 Å². The van der Waals surface area contributed by atoms with E-state index in [2.05, 4.69) is 4.72 Å². The minimum atomic E-state index is -3.43. The SMILES string of the molecule is CC(Cc1ccccc1)NS(=O)(=O)C=Cc1ccccc1. The van der Waals surface area contributed by atoms with Crippen molar-refractivity contribution in [2.75, 3.05) is 0 Å². The monoisotopic (exact) mass is 301 g/mol. The lowest BCUT2D eigenvalue weighted by Crippen LogP contribution is -2.32. The van der Waals surface area contributed by atoms with Crippen molar-refractivity contribution in [1.82, 2.24) is 4.72 Å². The Morgan fingerprint density at radius 3 is 2.19 bits per heavy atom. The summed E-state index contributed by atoms with van der Waals surface area (Å²) in [6, 6.07) is 19.0. The standard InChI is InChI=1S/C17H19NO2S/c1-15(14-17-10-6-3-7-11-17)18-21(19,20)13-12-16-8-4-2-5-9-16/h2-13,15,18H,14H2,1H3. The van der Waals surface area contributed by atoms with E-state index < -0.39 is 10.0 Å².